The summed E-state index contributed by atoms with van der Waals surface area (Å²) < 4.78 is 27.7. The third kappa shape index (κ3) is 2.71. The summed E-state index contributed by atoms with van der Waals surface area (Å²) in [5.74, 6) is 0. The van der Waals surface area contributed by atoms with Gasteiger partial charge in [0, 0.05) is 26.5 Å². The Morgan fingerprint density at radius 2 is 1.70 bits per heavy atom. The highest BCUT2D eigenvalue weighted by molar-refractivity contribution is 7.91. The normalized spacial score (nSPS) is 12.0. The predicted molar refractivity (Wildman–Crippen MR) is 85.7 cm³/mol. The van der Waals surface area contributed by atoms with Gasteiger partial charge in [0.05, 0.1) is 5.69 Å². The maximum Gasteiger partial charge on any atom is 0.339 e. The van der Waals surface area contributed by atoms with Gasteiger partial charge in [-0.2, -0.15) is 0 Å². The average molecular weight is 351 g/mol. The molecule has 0 spiro atoms. The lowest BCUT2D eigenvalue weighted by atomic mass is 10.3. The third-order valence-electron chi connectivity index (χ3n) is 3.11. The molecule has 0 aliphatic rings. The van der Waals surface area contributed by atoms with E-state index in [4.69, 9.17) is 0 Å². The lowest BCUT2D eigenvalue weighted by molar-refractivity contribution is 0.519. The molecule has 0 aliphatic heterocycles. The molecule has 8 nitrogen and oxygen atoms in total. The molecular formula is C13H13N5O3S2. The molecule has 0 fully saturated rings. The topological polar surface area (TPSA) is 90.1 Å². The van der Waals surface area contributed by atoms with Crippen molar-refractivity contribution in [3.05, 3.63) is 53.2 Å². The number of nitrogens with zero attached hydrogens (tertiary/aromatic N) is 5. The van der Waals surface area contributed by atoms with Crippen molar-refractivity contribution < 1.29 is 8.42 Å². The van der Waals surface area contributed by atoms with Gasteiger partial charge in [0.25, 0.3) is 10.0 Å². The van der Waals surface area contributed by atoms with Gasteiger partial charge in [0.15, 0.2) is 0 Å². The lowest BCUT2D eigenvalue weighted by Crippen LogP contribution is -2.22. The molecule has 3 aromatic rings. The molecule has 0 amide bonds. The molecule has 2 heterocycles. The minimum absolute atomic E-state index is 0.156. The molecule has 0 saturated carbocycles. The molecule has 0 saturated heterocycles. The number of imidazole rings is 1. The van der Waals surface area contributed by atoms with Gasteiger partial charge in [0.2, 0.25) is 9.47 Å². The molecule has 0 bridgehead atoms. The van der Waals surface area contributed by atoms with Gasteiger partial charge in [-0.05, 0) is 12.1 Å². The molecule has 10 heteroatoms. The minimum atomic E-state index is -3.67. The second-order valence-electron chi connectivity index (χ2n) is 4.79. The summed E-state index contributed by atoms with van der Waals surface area (Å²) in [5, 5.41) is 7.69. The molecular weight excluding hydrogens is 338 g/mol. The fourth-order valence-electron chi connectivity index (χ4n) is 1.87. The Morgan fingerprint density at radius 3 is 2.35 bits per heavy atom. The Bertz CT molecular complexity index is 986. The van der Waals surface area contributed by atoms with E-state index in [1.54, 1.807) is 18.3 Å². The van der Waals surface area contributed by atoms with Crippen LogP contribution in [-0.2, 0) is 10.0 Å². The number of hydrogen-bond donors (Lipinski definition) is 0. The van der Waals surface area contributed by atoms with Crippen molar-refractivity contribution >= 4 is 21.4 Å². The summed E-state index contributed by atoms with van der Waals surface area (Å²) in [7, 11) is -0.844. The Morgan fingerprint density at radius 1 is 1.04 bits per heavy atom. The van der Waals surface area contributed by atoms with Crippen molar-refractivity contribution in [2.45, 2.75) is 4.34 Å². The van der Waals surface area contributed by atoms with Gasteiger partial charge in [-0.3, -0.25) is 4.57 Å². The van der Waals surface area contributed by atoms with Gasteiger partial charge in [0.1, 0.15) is 0 Å². The van der Waals surface area contributed by atoms with Gasteiger partial charge in [-0.15, -0.1) is 10.2 Å². The van der Waals surface area contributed by atoms with Crippen molar-refractivity contribution in [1.29, 1.82) is 0 Å². The highest BCUT2D eigenvalue weighted by Gasteiger charge is 2.23. The Balaban J connectivity index is 2.04. The van der Waals surface area contributed by atoms with E-state index < -0.39 is 10.0 Å². The van der Waals surface area contributed by atoms with Crippen molar-refractivity contribution in [3.8, 4) is 10.8 Å². The number of aromatic nitrogens is 4. The molecule has 120 valence electrons. The summed E-state index contributed by atoms with van der Waals surface area (Å²) >= 11 is 0.842. The standard InChI is InChI=1S/C13H13N5O3S2/c1-16(2)23(20,21)12-15-14-11(22-12)18-9-8-17(13(18)19)10-6-4-3-5-7-10/h3-9H,1-2H3. The van der Waals surface area contributed by atoms with E-state index in [1.807, 2.05) is 18.2 Å². The molecule has 0 atom stereocenters. The SMILES string of the molecule is CN(C)S(=O)(=O)c1nnc(-n2ccn(-c3ccccc3)c2=O)s1. The van der Waals surface area contributed by atoms with Crippen LogP contribution < -0.4 is 5.69 Å². The quantitative estimate of drug-likeness (QED) is 0.691. The number of rotatable bonds is 4. The Labute approximate surface area is 136 Å². The van der Waals surface area contributed by atoms with Crippen LogP contribution in [0.2, 0.25) is 0 Å². The maximum absolute atomic E-state index is 12.5. The van der Waals surface area contributed by atoms with Crippen LogP contribution in [0.5, 0.6) is 0 Å². The fourth-order valence-corrected chi connectivity index (χ4v) is 3.97. The van der Waals surface area contributed by atoms with Gasteiger partial charge in [-0.25, -0.2) is 22.1 Å². The van der Waals surface area contributed by atoms with Crippen LogP contribution in [0.4, 0.5) is 0 Å². The second-order valence-corrected chi connectivity index (χ2v) is 8.08. The zero-order chi connectivity index (χ0) is 16.6. The summed E-state index contributed by atoms with van der Waals surface area (Å²) in [5.41, 5.74) is 0.364. The summed E-state index contributed by atoms with van der Waals surface area (Å²) in [6.07, 6.45) is 3.13. The van der Waals surface area contributed by atoms with Gasteiger partial charge in [-0.1, -0.05) is 29.5 Å². The van der Waals surface area contributed by atoms with Crippen molar-refractivity contribution in [2.75, 3.05) is 14.1 Å². The monoisotopic (exact) mass is 351 g/mol. The Hall–Kier alpha value is -2.30. The maximum atomic E-state index is 12.5. The smallest absolute Gasteiger partial charge is 0.268 e. The first-order valence-electron chi connectivity index (χ1n) is 6.53. The lowest BCUT2D eigenvalue weighted by Gasteiger charge is -2.06. The number of benzene rings is 1. The van der Waals surface area contributed by atoms with Crippen LogP contribution in [0.3, 0.4) is 0 Å². The van der Waals surface area contributed by atoms with Gasteiger partial charge < -0.3 is 0 Å². The molecule has 2 aromatic heterocycles. The molecule has 23 heavy (non-hydrogen) atoms. The molecule has 0 unspecified atom stereocenters. The summed E-state index contributed by atoms with van der Waals surface area (Å²) in [4.78, 5) is 12.5. The van der Waals surface area contributed by atoms with Crippen LogP contribution in [-0.4, -0.2) is 46.1 Å². The van der Waals surface area contributed by atoms with Crippen LogP contribution in [0, 0.1) is 0 Å². The largest absolute Gasteiger partial charge is 0.339 e. The minimum Gasteiger partial charge on any atom is -0.268 e. The van der Waals surface area contributed by atoms with E-state index in [9.17, 15) is 13.2 Å². The van der Waals surface area contributed by atoms with E-state index in [0.717, 1.165) is 15.6 Å². The first-order valence-corrected chi connectivity index (χ1v) is 8.79. The van der Waals surface area contributed by atoms with E-state index in [0.29, 0.717) is 5.69 Å². The fraction of sp³-hybridized carbons (Fsp3) is 0.154. The second kappa shape index (κ2) is 5.72. The molecule has 3 rings (SSSR count). The zero-order valence-electron chi connectivity index (χ0n) is 12.3. The van der Waals surface area contributed by atoms with Crippen LogP contribution in [0.15, 0.2) is 51.9 Å². The number of para-hydroxylation sites is 1. The van der Waals surface area contributed by atoms with Crippen molar-refractivity contribution in [1.82, 2.24) is 23.6 Å². The van der Waals surface area contributed by atoms with E-state index in [2.05, 4.69) is 10.2 Å². The van der Waals surface area contributed by atoms with Crippen molar-refractivity contribution in [2.24, 2.45) is 0 Å². The third-order valence-corrected chi connectivity index (χ3v) is 6.20. The highest BCUT2D eigenvalue weighted by atomic mass is 32.2. The van der Waals surface area contributed by atoms with Crippen LogP contribution >= 0.6 is 11.3 Å². The van der Waals surface area contributed by atoms with Crippen LogP contribution in [0.1, 0.15) is 0 Å². The van der Waals surface area contributed by atoms with E-state index in [1.165, 1.54) is 29.4 Å². The van der Waals surface area contributed by atoms with E-state index in [-0.39, 0.29) is 15.2 Å². The Kier molecular flexibility index (Phi) is 3.88. The summed E-state index contributed by atoms with van der Waals surface area (Å²) in [6.45, 7) is 0. The van der Waals surface area contributed by atoms with E-state index >= 15 is 0 Å². The first kappa shape index (κ1) is 15.6. The highest BCUT2D eigenvalue weighted by Crippen LogP contribution is 2.20. The van der Waals surface area contributed by atoms with Crippen LogP contribution in [0.25, 0.3) is 10.8 Å². The zero-order valence-corrected chi connectivity index (χ0v) is 14.0. The molecule has 0 N–H and O–H groups in total. The molecule has 0 radical (unpaired) electrons. The average Bonchev–Trinajstić information content (AvgIpc) is 3.15. The number of hydrogen-bond acceptors (Lipinski definition) is 6. The summed E-state index contributed by atoms with van der Waals surface area (Å²) in [6, 6.07) is 9.11. The molecule has 1 aromatic carbocycles. The first-order chi connectivity index (χ1) is 10.9. The number of sulfonamides is 1. The van der Waals surface area contributed by atoms with Gasteiger partial charge >= 0.3 is 5.69 Å². The molecule has 0 aliphatic carbocycles. The predicted octanol–water partition coefficient (Wildman–Crippen LogP) is 0.730. The van der Waals surface area contributed by atoms with Crippen molar-refractivity contribution in [3.63, 3.8) is 0 Å².